The molecule has 1 heterocycles. The van der Waals surface area contributed by atoms with Gasteiger partial charge in [-0.05, 0) is 49.9 Å². The zero-order chi connectivity index (χ0) is 14.5. The molecule has 0 bridgehead atoms. The molecule has 110 valence electrons. The van der Waals surface area contributed by atoms with Crippen LogP contribution in [0.1, 0.15) is 31.7 Å². The molecule has 0 spiro atoms. The minimum absolute atomic E-state index is 0.140. The van der Waals surface area contributed by atoms with Crippen molar-refractivity contribution in [3.05, 3.63) is 33.9 Å². The Labute approximate surface area is 120 Å². The number of nitro benzene ring substituents is 1. The van der Waals surface area contributed by atoms with Gasteiger partial charge in [-0.15, -0.1) is 0 Å². The molecule has 0 aromatic heterocycles. The lowest BCUT2D eigenvalue weighted by Crippen LogP contribution is -2.24. The van der Waals surface area contributed by atoms with Gasteiger partial charge in [0, 0.05) is 19.7 Å². The van der Waals surface area contributed by atoms with E-state index < -0.39 is 0 Å². The summed E-state index contributed by atoms with van der Waals surface area (Å²) in [5.41, 5.74) is 1.87. The molecule has 0 aliphatic carbocycles. The molecule has 1 unspecified atom stereocenters. The van der Waals surface area contributed by atoms with E-state index in [2.05, 4.69) is 17.1 Å². The second-order valence-corrected chi connectivity index (χ2v) is 5.67. The maximum absolute atomic E-state index is 10.9. The Morgan fingerprint density at radius 1 is 1.40 bits per heavy atom. The van der Waals surface area contributed by atoms with Crippen LogP contribution in [0, 0.1) is 16.0 Å². The summed E-state index contributed by atoms with van der Waals surface area (Å²) in [6.07, 6.45) is 3.79. The topological polar surface area (TPSA) is 58.4 Å². The Balaban J connectivity index is 2.07. The first-order chi connectivity index (χ1) is 9.60. The fourth-order valence-corrected chi connectivity index (χ4v) is 2.78. The van der Waals surface area contributed by atoms with Gasteiger partial charge in [-0.25, -0.2) is 0 Å². The molecule has 1 fully saturated rings. The van der Waals surface area contributed by atoms with Crippen LogP contribution >= 0.6 is 0 Å². The van der Waals surface area contributed by atoms with Crippen LogP contribution in [0.5, 0.6) is 0 Å². The summed E-state index contributed by atoms with van der Waals surface area (Å²) < 4.78 is 0. The number of benzene rings is 1. The minimum atomic E-state index is -0.344. The van der Waals surface area contributed by atoms with Crippen LogP contribution in [0.4, 0.5) is 11.4 Å². The largest absolute Gasteiger partial charge is 0.383 e. The molecule has 0 amide bonds. The molecule has 1 atom stereocenters. The molecule has 1 aromatic rings. The second kappa shape index (κ2) is 6.70. The maximum Gasteiger partial charge on any atom is 0.292 e. The Kier molecular flexibility index (Phi) is 4.95. The molecule has 5 heteroatoms. The van der Waals surface area contributed by atoms with Crippen LogP contribution in [-0.4, -0.2) is 30.0 Å². The predicted octanol–water partition coefficient (Wildman–Crippen LogP) is 3.26. The summed E-state index contributed by atoms with van der Waals surface area (Å²) in [6.45, 7) is 5.43. The first-order valence-corrected chi connectivity index (χ1v) is 7.27. The number of nitrogens with one attached hydrogen (secondary N) is 1. The van der Waals surface area contributed by atoms with Crippen molar-refractivity contribution in [1.29, 1.82) is 0 Å². The first kappa shape index (κ1) is 14.8. The van der Waals surface area contributed by atoms with Crippen LogP contribution in [0.2, 0.25) is 0 Å². The molecular weight excluding hydrogens is 254 g/mol. The lowest BCUT2D eigenvalue weighted by molar-refractivity contribution is -0.384. The highest BCUT2D eigenvalue weighted by Gasteiger charge is 2.16. The van der Waals surface area contributed by atoms with Crippen molar-refractivity contribution in [3.8, 4) is 0 Å². The zero-order valence-electron chi connectivity index (χ0n) is 12.3. The van der Waals surface area contributed by atoms with Gasteiger partial charge in [-0.1, -0.05) is 13.0 Å². The van der Waals surface area contributed by atoms with Gasteiger partial charge in [0.2, 0.25) is 0 Å². The quantitative estimate of drug-likeness (QED) is 0.678. The minimum Gasteiger partial charge on any atom is -0.383 e. The third-order valence-electron chi connectivity index (χ3n) is 4.04. The van der Waals surface area contributed by atoms with Crippen molar-refractivity contribution >= 4 is 11.4 Å². The predicted molar refractivity (Wildman–Crippen MR) is 80.9 cm³/mol. The number of hydrogen-bond acceptors (Lipinski definition) is 4. The van der Waals surface area contributed by atoms with E-state index in [1.54, 1.807) is 13.1 Å². The number of likely N-dealkylation sites (tertiary alicyclic amines) is 1. The maximum atomic E-state index is 10.9. The number of nitro groups is 1. The van der Waals surface area contributed by atoms with E-state index in [9.17, 15) is 10.1 Å². The first-order valence-electron chi connectivity index (χ1n) is 7.27. The molecule has 5 nitrogen and oxygen atoms in total. The van der Waals surface area contributed by atoms with E-state index in [0.29, 0.717) is 5.69 Å². The number of rotatable bonds is 4. The average Bonchev–Trinajstić information content (AvgIpc) is 2.63. The third-order valence-corrected chi connectivity index (χ3v) is 4.04. The van der Waals surface area contributed by atoms with Crippen molar-refractivity contribution in [1.82, 2.24) is 4.90 Å². The van der Waals surface area contributed by atoms with E-state index in [-0.39, 0.29) is 10.6 Å². The number of anilines is 1. The van der Waals surface area contributed by atoms with Crippen molar-refractivity contribution in [2.45, 2.75) is 32.7 Å². The summed E-state index contributed by atoms with van der Waals surface area (Å²) in [7, 11) is 1.72. The fraction of sp³-hybridized carbons (Fsp3) is 0.600. The summed E-state index contributed by atoms with van der Waals surface area (Å²) in [4.78, 5) is 13.0. The van der Waals surface area contributed by atoms with Gasteiger partial charge in [0.1, 0.15) is 5.69 Å². The van der Waals surface area contributed by atoms with Gasteiger partial charge in [0.25, 0.3) is 5.69 Å². The molecule has 1 N–H and O–H groups in total. The zero-order valence-corrected chi connectivity index (χ0v) is 12.3. The molecular formula is C15H23N3O2. The summed E-state index contributed by atoms with van der Waals surface area (Å²) in [5, 5.41) is 13.8. The summed E-state index contributed by atoms with van der Waals surface area (Å²) >= 11 is 0. The average molecular weight is 277 g/mol. The Hall–Kier alpha value is -1.62. The standard InChI is InChI=1S/C15H23N3O2/c1-12-4-3-8-17(9-7-12)11-13-5-6-15(18(19)20)14(10-13)16-2/h5-6,10,12,16H,3-4,7-9,11H2,1-2H3. The van der Waals surface area contributed by atoms with Crippen LogP contribution < -0.4 is 5.32 Å². The molecule has 0 radical (unpaired) electrons. The molecule has 1 aliphatic rings. The van der Waals surface area contributed by atoms with Gasteiger partial charge < -0.3 is 5.32 Å². The fourth-order valence-electron chi connectivity index (χ4n) is 2.78. The normalized spacial score (nSPS) is 20.4. The van der Waals surface area contributed by atoms with E-state index in [1.807, 2.05) is 12.1 Å². The molecule has 1 aromatic carbocycles. The van der Waals surface area contributed by atoms with E-state index in [1.165, 1.54) is 19.3 Å². The highest BCUT2D eigenvalue weighted by Crippen LogP contribution is 2.26. The Bertz CT molecular complexity index is 476. The van der Waals surface area contributed by atoms with Crippen molar-refractivity contribution in [2.24, 2.45) is 5.92 Å². The molecule has 20 heavy (non-hydrogen) atoms. The van der Waals surface area contributed by atoms with Gasteiger partial charge in [0.05, 0.1) is 4.92 Å². The highest BCUT2D eigenvalue weighted by molar-refractivity contribution is 5.62. The smallest absolute Gasteiger partial charge is 0.292 e. The molecule has 0 saturated carbocycles. The van der Waals surface area contributed by atoms with E-state index in [4.69, 9.17) is 0 Å². The van der Waals surface area contributed by atoms with Crippen LogP contribution in [0.25, 0.3) is 0 Å². The van der Waals surface area contributed by atoms with Crippen LogP contribution in [0.3, 0.4) is 0 Å². The second-order valence-electron chi connectivity index (χ2n) is 5.67. The Morgan fingerprint density at radius 2 is 2.20 bits per heavy atom. The van der Waals surface area contributed by atoms with Crippen molar-refractivity contribution in [2.75, 3.05) is 25.5 Å². The monoisotopic (exact) mass is 277 g/mol. The van der Waals surface area contributed by atoms with Crippen molar-refractivity contribution in [3.63, 3.8) is 0 Å². The van der Waals surface area contributed by atoms with Gasteiger partial charge in [0.15, 0.2) is 0 Å². The van der Waals surface area contributed by atoms with E-state index >= 15 is 0 Å². The molecule has 2 rings (SSSR count). The lowest BCUT2D eigenvalue weighted by Gasteiger charge is -2.20. The molecule has 1 saturated heterocycles. The SMILES string of the molecule is CNc1cc(CN2CCCC(C)CC2)ccc1[N+](=O)[O-]. The van der Waals surface area contributed by atoms with Crippen LogP contribution in [-0.2, 0) is 6.54 Å². The van der Waals surface area contributed by atoms with Gasteiger partial charge in [-0.2, -0.15) is 0 Å². The number of hydrogen-bond donors (Lipinski definition) is 1. The summed E-state index contributed by atoms with van der Waals surface area (Å²) in [5.74, 6) is 0.810. The van der Waals surface area contributed by atoms with Gasteiger partial charge in [-0.3, -0.25) is 15.0 Å². The Morgan fingerprint density at radius 3 is 2.90 bits per heavy atom. The summed E-state index contributed by atoms with van der Waals surface area (Å²) in [6, 6.07) is 5.36. The lowest BCUT2D eigenvalue weighted by atomic mass is 10.0. The van der Waals surface area contributed by atoms with Crippen molar-refractivity contribution < 1.29 is 4.92 Å². The van der Waals surface area contributed by atoms with E-state index in [0.717, 1.165) is 31.1 Å². The van der Waals surface area contributed by atoms with Gasteiger partial charge >= 0.3 is 0 Å². The van der Waals surface area contributed by atoms with Crippen LogP contribution in [0.15, 0.2) is 18.2 Å². The molecule has 1 aliphatic heterocycles. The number of nitrogens with zero attached hydrogens (tertiary/aromatic N) is 2. The third kappa shape index (κ3) is 3.70. The highest BCUT2D eigenvalue weighted by atomic mass is 16.6.